The highest BCUT2D eigenvalue weighted by atomic mass is 16.5. The molecule has 0 aliphatic rings. The molecule has 0 aromatic carbocycles. The first kappa shape index (κ1) is 13.7. The quantitative estimate of drug-likeness (QED) is 0.855. The summed E-state index contributed by atoms with van der Waals surface area (Å²) in [6.07, 6.45) is 1.61. The molecule has 0 saturated heterocycles. The van der Waals surface area contributed by atoms with Crippen molar-refractivity contribution in [3.05, 3.63) is 52.1 Å². The van der Waals surface area contributed by atoms with E-state index in [1.807, 2.05) is 0 Å². The maximum absolute atomic E-state index is 11.9. The van der Waals surface area contributed by atoms with Gasteiger partial charge in [0, 0.05) is 31.4 Å². The Hall–Kier alpha value is -2.70. The van der Waals surface area contributed by atoms with Crippen molar-refractivity contribution in [3.63, 3.8) is 0 Å². The molecule has 7 nitrogen and oxygen atoms in total. The molecule has 2 heterocycles. The molecule has 0 saturated carbocycles. The molecule has 20 heavy (non-hydrogen) atoms. The molecule has 0 spiro atoms. The molecular formula is C13H14N4O3. The summed E-state index contributed by atoms with van der Waals surface area (Å²) < 4.78 is 6.21. The van der Waals surface area contributed by atoms with E-state index in [9.17, 15) is 9.59 Å². The van der Waals surface area contributed by atoms with Crippen LogP contribution in [0.25, 0.3) is 0 Å². The van der Waals surface area contributed by atoms with Gasteiger partial charge in [-0.1, -0.05) is 6.07 Å². The number of rotatable bonds is 4. The maximum atomic E-state index is 11.9. The molecule has 0 aliphatic heterocycles. The third kappa shape index (κ3) is 3.00. The lowest BCUT2D eigenvalue weighted by Gasteiger charge is -2.08. The number of hydrogen-bond acceptors (Lipinski definition) is 5. The molecular weight excluding hydrogens is 260 g/mol. The maximum Gasteiger partial charge on any atom is 0.271 e. The molecule has 0 bridgehead atoms. The summed E-state index contributed by atoms with van der Waals surface area (Å²) in [5.41, 5.74) is 0.665. The molecule has 7 heteroatoms. The number of aryl methyl sites for hydroxylation is 1. The highest BCUT2D eigenvalue weighted by molar-refractivity contribution is 5.91. The third-order valence-corrected chi connectivity index (χ3v) is 2.68. The molecule has 0 radical (unpaired) electrons. The summed E-state index contributed by atoms with van der Waals surface area (Å²) in [4.78, 5) is 27.2. The fraction of sp³-hybridized carbons (Fsp3) is 0.231. The summed E-state index contributed by atoms with van der Waals surface area (Å²) in [6, 6.07) is 6.25. The average molecular weight is 274 g/mol. The molecule has 104 valence electrons. The van der Waals surface area contributed by atoms with Gasteiger partial charge in [-0.3, -0.25) is 9.59 Å². The van der Waals surface area contributed by atoms with Gasteiger partial charge >= 0.3 is 0 Å². The summed E-state index contributed by atoms with van der Waals surface area (Å²) in [5, 5.41) is 6.57. The molecule has 1 amide bonds. The van der Waals surface area contributed by atoms with Crippen LogP contribution in [0.4, 0.5) is 0 Å². The minimum Gasteiger partial charge on any atom is -0.481 e. The molecule has 0 fully saturated rings. The number of carbonyl (C=O) groups is 1. The average Bonchev–Trinajstić information content (AvgIpc) is 2.47. The van der Waals surface area contributed by atoms with Crippen molar-refractivity contribution in [1.82, 2.24) is 20.1 Å². The van der Waals surface area contributed by atoms with Crippen molar-refractivity contribution >= 4 is 5.91 Å². The van der Waals surface area contributed by atoms with Crippen LogP contribution in [-0.4, -0.2) is 27.8 Å². The van der Waals surface area contributed by atoms with E-state index in [0.29, 0.717) is 5.88 Å². The van der Waals surface area contributed by atoms with Gasteiger partial charge < -0.3 is 10.1 Å². The summed E-state index contributed by atoms with van der Waals surface area (Å²) >= 11 is 0. The Labute approximate surface area is 115 Å². The lowest BCUT2D eigenvalue weighted by molar-refractivity contribution is 0.0943. The first-order chi connectivity index (χ1) is 9.61. The first-order valence-electron chi connectivity index (χ1n) is 5.92. The van der Waals surface area contributed by atoms with Crippen molar-refractivity contribution in [1.29, 1.82) is 0 Å². The van der Waals surface area contributed by atoms with E-state index in [4.69, 9.17) is 4.74 Å². The Morgan fingerprint density at radius 3 is 2.90 bits per heavy atom. The predicted octanol–water partition coefficient (Wildman–Crippen LogP) is 0.114. The number of ether oxygens (including phenoxy) is 1. The lowest BCUT2D eigenvalue weighted by atomic mass is 10.2. The Kier molecular flexibility index (Phi) is 4.09. The third-order valence-electron chi connectivity index (χ3n) is 2.68. The largest absolute Gasteiger partial charge is 0.481 e. The van der Waals surface area contributed by atoms with Crippen molar-refractivity contribution in [2.24, 2.45) is 7.05 Å². The molecule has 2 rings (SSSR count). The van der Waals surface area contributed by atoms with E-state index in [-0.39, 0.29) is 23.7 Å². The second-order valence-electron chi connectivity index (χ2n) is 4.03. The van der Waals surface area contributed by atoms with E-state index in [1.165, 1.54) is 26.3 Å². The van der Waals surface area contributed by atoms with Crippen LogP contribution in [0.15, 0.2) is 35.3 Å². The fourth-order valence-corrected chi connectivity index (χ4v) is 1.63. The SMILES string of the molecule is COc1ncccc1CNC(=O)c1ccc(=O)n(C)n1. The minimum atomic E-state index is -0.369. The van der Waals surface area contributed by atoms with E-state index < -0.39 is 0 Å². The Morgan fingerprint density at radius 2 is 2.20 bits per heavy atom. The minimum absolute atomic E-state index is 0.176. The predicted molar refractivity (Wildman–Crippen MR) is 71.4 cm³/mol. The highest BCUT2D eigenvalue weighted by Crippen LogP contribution is 2.12. The van der Waals surface area contributed by atoms with Crippen LogP contribution < -0.4 is 15.6 Å². The van der Waals surface area contributed by atoms with Gasteiger partial charge in [-0.2, -0.15) is 5.10 Å². The van der Waals surface area contributed by atoms with Crippen molar-refractivity contribution in [2.75, 3.05) is 7.11 Å². The van der Waals surface area contributed by atoms with Crippen LogP contribution in [0.1, 0.15) is 16.1 Å². The van der Waals surface area contributed by atoms with Crippen LogP contribution in [0.3, 0.4) is 0 Å². The zero-order valence-corrected chi connectivity index (χ0v) is 11.2. The summed E-state index contributed by atoms with van der Waals surface area (Å²) in [5.74, 6) is 0.0905. The molecule has 1 N–H and O–H groups in total. The van der Waals surface area contributed by atoms with E-state index >= 15 is 0 Å². The number of amides is 1. The zero-order chi connectivity index (χ0) is 14.5. The number of hydrogen-bond donors (Lipinski definition) is 1. The van der Waals surface area contributed by atoms with E-state index in [1.54, 1.807) is 18.3 Å². The van der Waals surface area contributed by atoms with Crippen molar-refractivity contribution in [2.45, 2.75) is 6.54 Å². The van der Waals surface area contributed by atoms with Gasteiger partial charge in [-0.15, -0.1) is 0 Å². The zero-order valence-electron chi connectivity index (χ0n) is 11.2. The molecule has 0 atom stereocenters. The van der Waals surface area contributed by atoms with E-state index in [0.717, 1.165) is 10.2 Å². The second-order valence-corrected chi connectivity index (χ2v) is 4.03. The standard InChI is InChI=1S/C13H14N4O3/c1-17-11(18)6-5-10(16-17)12(19)15-8-9-4-3-7-14-13(9)20-2/h3-7H,8H2,1-2H3,(H,15,19). The van der Waals surface area contributed by atoms with Gasteiger partial charge in [0.05, 0.1) is 7.11 Å². The van der Waals surface area contributed by atoms with Gasteiger partial charge in [0.2, 0.25) is 5.88 Å². The second kappa shape index (κ2) is 5.96. The number of pyridine rings is 1. The fourth-order valence-electron chi connectivity index (χ4n) is 1.63. The summed E-state index contributed by atoms with van der Waals surface area (Å²) in [6.45, 7) is 0.264. The lowest BCUT2D eigenvalue weighted by Crippen LogP contribution is -2.28. The highest BCUT2D eigenvalue weighted by Gasteiger charge is 2.10. The van der Waals surface area contributed by atoms with Gasteiger partial charge in [0.1, 0.15) is 5.69 Å². The number of nitrogens with one attached hydrogen (secondary N) is 1. The van der Waals surface area contributed by atoms with E-state index in [2.05, 4.69) is 15.4 Å². The number of aromatic nitrogens is 3. The molecule has 2 aromatic rings. The van der Waals surface area contributed by atoms with Crippen LogP contribution in [0, 0.1) is 0 Å². The molecule has 0 aliphatic carbocycles. The van der Waals surface area contributed by atoms with Crippen LogP contribution in [-0.2, 0) is 13.6 Å². The van der Waals surface area contributed by atoms with Gasteiger partial charge in [-0.05, 0) is 12.1 Å². The Balaban J connectivity index is 2.08. The van der Waals surface area contributed by atoms with Crippen molar-refractivity contribution in [3.8, 4) is 5.88 Å². The normalized spacial score (nSPS) is 10.1. The number of carbonyl (C=O) groups excluding carboxylic acids is 1. The molecule has 2 aromatic heterocycles. The first-order valence-corrected chi connectivity index (χ1v) is 5.92. The van der Waals surface area contributed by atoms with Crippen molar-refractivity contribution < 1.29 is 9.53 Å². The van der Waals surface area contributed by atoms with Gasteiger partial charge in [-0.25, -0.2) is 9.67 Å². The number of methoxy groups -OCH3 is 1. The Bertz CT molecular complexity index is 681. The smallest absolute Gasteiger partial charge is 0.271 e. The molecule has 0 unspecified atom stereocenters. The van der Waals surface area contributed by atoms with Gasteiger partial charge in [0.25, 0.3) is 11.5 Å². The topological polar surface area (TPSA) is 86.1 Å². The Morgan fingerprint density at radius 1 is 1.40 bits per heavy atom. The summed E-state index contributed by atoms with van der Waals surface area (Å²) in [7, 11) is 3.01. The monoisotopic (exact) mass is 274 g/mol. The van der Waals surface area contributed by atoms with Crippen LogP contribution in [0.2, 0.25) is 0 Å². The number of nitrogens with zero attached hydrogens (tertiary/aromatic N) is 3. The van der Waals surface area contributed by atoms with Gasteiger partial charge in [0.15, 0.2) is 0 Å². The van der Waals surface area contributed by atoms with Crippen LogP contribution >= 0.6 is 0 Å². The van der Waals surface area contributed by atoms with Crippen LogP contribution in [0.5, 0.6) is 5.88 Å².